The van der Waals surface area contributed by atoms with Gasteiger partial charge in [-0.25, -0.2) is 4.39 Å². The van der Waals surface area contributed by atoms with E-state index in [1.807, 2.05) is 6.92 Å². The summed E-state index contributed by atoms with van der Waals surface area (Å²) >= 11 is 0. The fraction of sp³-hybridized carbons (Fsp3) is 0.500. The average Bonchev–Trinajstić information content (AvgIpc) is 2.45. The van der Waals surface area contributed by atoms with E-state index in [0.29, 0.717) is 19.0 Å². The number of hydrogen-bond acceptors (Lipinski definition) is 4. The molecule has 1 atom stereocenters. The van der Waals surface area contributed by atoms with Crippen LogP contribution in [0.1, 0.15) is 30.1 Å². The summed E-state index contributed by atoms with van der Waals surface area (Å²) in [4.78, 5) is 23.9. The van der Waals surface area contributed by atoms with Gasteiger partial charge in [-0.1, -0.05) is 0 Å². The second-order valence-electron chi connectivity index (χ2n) is 5.44. The van der Waals surface area contributed by atoms with Crippen molar-refractivity contribution in [2.75, 3.05) is 13.1 Å². The number of carbonyl (C=O) groups excluding carboxylic acids is 1. The molecule has 1 aliphatic heterocycles. The molecular weight excluding hydrogens is 313 g/mol. The number of hydrogen-bond donors (Lipinski definition) is 1. The highest BCUT2D eigenvalue weighted by molar-refractivity contribution is 5.95. The van der Waals surface area contributed by atoms with E-state index < -0.39 is 16.4 Å². The van der Waals surface area contributed by atoms with Crippen molar-refractivity contribution in [1.82, 2.24) is 4.90 Å². The third-order valence-corrected chi connectivity index (χ3v) is 3.91. The van der Waals surface area contributed by atoms with Crippen LogP contribution in [0.5, 0.6) is 0 Å². The van der Waals surface area contributed by atoms with E-state index in [-0.39, 0.29) is 29.9 Å². The first kappa shape index (κ1) is 18.3. The Morgan fingerprint density at radius 2 is 2.00 bits per heavy atom. The first-order chi connectivity index (χ1) is 9.88. The van der Waals surface area contributed by atoms with Crippen LogP contribution in [0.15, 0.2) is 18.2 Å². The van der Waals surface area contributed by atoms with Gasteiger partial charge >= 0.3 is 0 Å². The Morgan fingerprint density at radius 1 is 1.41 bits per heavy atom. The number of likely N-dealkylation sites (tertiary alicyclic amines) is 1. The van der Waals surface area contributed by atoms with Gasteiger partial charge in [0.25, 0.3) is 11.6 Å². The molecule has 1 aliphatic rings. The van der Waals surface area contributed by atoms with Crippen LogP contribution >= 0.6 is 12.4 Å². The Balaban J connectivity index is 0.00000242. The smallest absolute Gasteiger partial charge is 0.273 e. The number of benzene rings is 1. The lowest BCUT2D eigenvalue weighted by Crippen LogP contribution is -2.42. The van der Waals surface area contributed by atoms with Gasteiger partial charge in [-0.05, 0) is 31.7 Å². The monoisotopic (exact) mass is 331 g/mol. The second kappa shape index (κ2) is 7.51. The number of nitrogens with two attached hydrogens (primary N) is 1. The lowest BCUT2D eigenvalue weighted by Gasteiger charge is -2.33. The third kappa shape index (κ3) is 4.14. The predicted molar refractivity (Wildman–Crippen MR) is 82.6 cm³/mol. The summed E-state index contributed by atoms with van der Waals surface area (Å²) < 4.78 is 13.4. The number of rotatable bonds is 3. The maximum absolute atomic E-state index is 13.4. The van der Waals surface area contributed by atoms with Crippen LogP contribution in [-0.2, 0) is 0 Å². The molecule has 0 radical (unpaired) electrons. The number of nitro groups is 1. The van der Waals surface area contributed by atoms with Crippen molar-refractivity contribution in [1.29, 1.82) is 0 Å². The second-order valence-corrected chi connectivity index (χ2v) is 5.44. The summed E-state index contributed by atoms with van der Waals surface area (Å²) in [6, 6.07) is 3.03. The Hall–Kier alpha value is -1.73. The van der Waals surface area contributed by atoms with Gasteiger partial charge < -0.3 is 10.6 Å². The molecule has 1 unspecified atom stereocenters. The number of nitrogens with zero attached hydrogens (tertiary/aromatic N) is 2. The Labute approximate surface area is 134 Å². The number of halogens is 2. The predicted octanol–water partition coefficient (Wildman–Crippen LogP) is 2.36. The molecular formula is C14H19ClFN3O3. The molecule has 2 N–H and O–H groups in total. The van der Waals surface area contributed by atoms with Crippen molar-refractivity contribution in [2.45, 2.75) is 25.8 Å². The largest absolute Gasteiger partial charge is 0.339 e. The summed E-state index contributed by atoms with van der Waals surface area (Å²) in [5.41, 5.74) is 5.45. The molecule has 0 aliphatic carbocycles. The number of nitro benzene ring substituents is 1. The van der Waals surface area contributed by atoms with Crippen molar-refractivity contribution in [3.63, 3.8) is 0 Å². The number of non-ortho nitro benzene ring substituents is 1. The molecule has 8 heteroatoms. The van der Waals surface area contributed by atoms with Crippen LogP contribution in [0.4, 0.5) is 10.1 Å². The van der Waals surface area contributed by atoms with E-state index in [9.17, 15) is 19.3 Å². The van der Waals surface area contributed by atoms with Crippen molar-refractivity contribution >= 4 is 24.0 Å². The molecule has 2 rings (SSSR count). The van der Waals surface area contributed by atoms with Crippen LogP contribution in [0.2, 0.25) is 0 Å². The zero-order valence-corrected chi connectivity index (χ0v) is 13.0. The molecule has 0 spiro atoms. The van der Waals surface area contributed by atoms with Crippen molar-refractivity contribution in [3.8, 4) is 0 Å². The Morgan fingerprint density at radius 3 is 2.50 bits per heavy atom. The van der Waals surface area contributed by atoms with Gasteiger partial charge in [0.15, 0.2) is 0 Å². The number of carbonyl (C=O) groups is 1. The highest BCUT2D eigenvalue weighted by atomic mass is 35.5. The highest BCUT2D eigenvalue weighted by Crippen LogP contribution is 2.23. The lowest BCUT2D eigenvalue weighted by molar-refractivity contribution is -0.385. The van der Waals surface area contributed by atoms with Gasteiger partial charge in [-0.15, -0.1) is 12.4 Å². The zero-order chi connectivity index (χ0) is 15.6. The van der Waals surface area contributed by atoms with Gasteiger partial charge in [0, 0.05) is 30.8 Å². The molecule has 22 heavy (non-hydrogen) atoms. The zero-order valence-electron chi connectivity index (χ0n) is 12.2. The van der Waals surface area contributed by atoms with Crippen LogP contribution in [0.25, 0.3) is 0 Å². The number of piperidine rings is 1. The van der Waals surface area contributed by atoms with Crippen LogP contribution < -0.4 is 5.73 Å². The molecule has 1 heterocycles. The van der Waals surface area contributed by atoms with E-state index >= 15 is 0 Å². The molecule has 1 amide bonds. The molecule has 1 saturated heterocycles. The SMILES string of the molecule is CC(N)C1CCN(C(=O)c2cc(F)cc([N+](=O)[O-])c2)CC1.Cl. The van der Waals surface area contributed by atoms with Gasteiger partial charge in [-0.2, -0.15) is 0 Å². The summed E-state index contributed by atoms with van der Waals surface area (Å²) in [6.07, 6.45) is 1.58. The quantitative estimate of drug-likeness (QED) is 0.680. The average molecular weight is 332 g/mol. The van der Waals surface area contributed by atoms with Crippen LogP contribution in [-0.4, -0.2) is 34.9 Å². The minimum Gasteiger partial charge on any atom is -0.339 e. The molecule has 1 fully saturated rings. The molecule has 122 valence electrons. The summed E-state index contributed by atoms with van der Waals surface area (Å²) in [6.45, 7) is 3.02. The summed E-state index contributed by atoms with van der Waals surface area (Å²) in [5.74, 6) is -0.783. The maximum atomic E-state index is 13.4. The number of amides is 1. The fourth-order valence-corrected chi connectivity index (χ4v) is 2.61. The minimum absolute atomic E-state index is 0. The maximum Gasteiger partial charge on any atom is 0.273 e. The standard InChI is InChI=1S/C14H18FN3O3.ClH/c1-9(16)10-2-4-17(5-3-10)14(19)11-6-12(15)8-13(7-11)18(20)21;/h6-10H,2-5,16H2,1H3;1H. The van der Waals surface area contributed by atoms with Gasteiger partial charge in [-0.3, -0.25) is 14.9 Å². The third-order valence-electron chi connectivity index (χ3n) is 3.91. The van der Waals surface area contributed by atoms with E-state index in [2.05, 4.69) is 0 Å². The van der Waals surface area contributed by atoms with Crippen LogP contribution in [0.3, 0.4) is 0 Å². The van der Waals surface area contributed by atoms with Crippen molar-refractivity contribution in [2.24, 2.45) is 11.7 Å². The van der Waals surface area contributed by atoms with E-state index in [1.54, 1.807) is 4.90 Å². The molecule has 1 aromatic rings. The molecule has 0 aromatic heterocycles. The topological polar surface area (TPSA) is 89.5 Å². The van der Waals surface area contributed by atoms with Crippen molar-refractivity contribution in [3.05, 3.63) is 39.7 Å². The normalized spacial score (nSPS) is 16.8. The summed E-state index contributed by atoms with van der Waals surface area (Å²) in [7, 11) is 0. The van der Waals surface area contributed by atoms with E-state index in [4.69, 9.17) is 5.73 Å². The summed E-state index contributed by atoms with van der Waals surface area (Å²) in [5, 5.41) is 10.7. The van der Waals surface area contributed by atoms with E-state index in [0.717, 1.165) is 31.0 Å². The molecule has 0 saturated carbocycles. The van der Waals surface area contributed by atoms with E-state index in [1.165, 1.54) is 0 Å². The molecule has 1 aromatic carbocycles. The fourth-order valence-electron chi connectivity index (χ4n) is 2.61. The minimum atomic E-state index is -0.780. The first-order valence-electron chi connectivity index (χ1n) is 6.88. The van der Waals surface area contributed by atoms with Crippen molar-refractivity contribution < 1.29 is 14.1 Å². The van der Waals surface area contributed by atoms with Gasteiger partial charge in [0.1, 0.15) is 5.82 Å². The van der Waals surface area contributed by atoms with Gasteiger partial charge in [0.2, 0.25) is 0 Å². The Kier molecular flexibility index (Phi) is 6.25. The lowest BCUT2D eigenvalue weighted by atomic mass is 9.90. The highest BCUT2D eigenvalue weighted by Gasteiger charge is 2.26. The molecule has 6 nitrogen and oxygen atoms in total. The van der Waals surface area contributed by atoms with Gasteiger partial charge in [0.05, 0.1) is 11.0 Å². The van der Waals surface area contributed by atoms with Crippen LogP contribution in [0, 0.1) is 21.8 Å². The Bertz CT molecular complexity index is 560. The molecule has 0 bridgehead atoms. The first-order valence-corrected chi connectivity index (χ1v) is 6.88.